The highest BCUT2D eigenvalue weighted by Crippen LogP contribution is 2.38. The highest BCUT2D eigenvalue weighted by atomic mass is 16.5. The summed E-state index contributed by atoms with van der Waals surface area (Å²) in [6.07, 6.45) is 1.52. The fourth-order valence-corrected chi connectivity index (χ4v) is 4.00. The lowest BCUT2D eigenvalue weighted by atomic mass is 9.95. The summed E-state index contributed by atoms with van der Waals surface area (Å²) >= 11 is 0. The van der Waals surface area contributed by atoms with Crippen LogP contribution in [0.2, 0.25) is 0 Å². The molecule has 4 heteroatoms. The number of hydrogen-bond donors (Lipinski definition) is 2. The Morgan fingerprint density at radius 1 is 0.933 bits per heavy atom. The van der Waals surface area contributed by atoms with Crippen molar-refractivity contribution in [1.82, 2.24) is 5.32 Å². The molecule has 3 unspecified atom stereocenters. The van der Waals surface area contributed by atoms with Crippen LogP contribution in [-0.2, 0) is 11.2 Å². The Hall–Kier alpha value is -3.11. The minimum atomic E-state index is -0.812. The molecular weight excluding hydrogens is 374 g/mol. The van der Waals surface area contributed by atoms with E-state index in [4.69, 9.17) is 4.74 Å². The quantitative estimate of drug-likeness (QED) is 0.627. The van der Waals surface area contributed by atoms with E-state index in [9.17, 15) is 9.90 Å². The molecule has 0 saturated carbocycles. The van der Waals surface area contributed by atoms with E-state index in [0.29, 0.717) is 24.2 Å². The third-order valence-electron chi connectivity index (χ3n) is 5.59. The average Bonchev–Trinajstić information content (AvgIpc) is 2.92. The molecule has 2 N–H and O–H groups in total. The second-order valence-corrected chi connectivity index (χ2v) is 7.75. The van der Waals surface area contributed by atoms with Crippen molar-refractivity contribution >= 4 is 5.91 Å². The van der Waals surface area contributed by atoms with Gasteiger partial charge in [0.25, 0.3) is 0 Å². The molecule has 0 radical (unpaired) electrons. The van der Waals surface area contributed by atoms with E-state index >= 15 is 0 Å². The zero-order valence-electron chi connectivity index (χ0n) is 16.9. The molecule has 4 rings (SSSR count). The maximum absolute atomic E-state index is 12.7. The van der Waals surface area contributed by atoms with Crippen molar-refractivity contribution in [3.8, 4) is 5.75 Å². The summed E-state index contributed by atoms with van der Waals surface area (Å²) in [5.41, 5.74) is 2.97. The molecule has 1 aliphatic rings. The minimum Gasteiger partial charge on any atom is -0.485 e. The third kappa shape index (κ3) is 4.89. The van der Waals surface area contributed by atoms with Crippen LogP contribution in [0.25, 0.3) is 0 Å². The number of aryl methyl sites for hydroxylation is 1. The van der Waals surface area contributed by atoms with Crippen molar-refractivity contribution in [2.24, 2.45) is 0 Å². The number of carbonyl (C=O) groups excluding carboxylic acids is 1. The van der Waals surface area contributed by atoms with Crippen LogP contribution in [0.4, 0.5) is 0 Å². The Bertz CT molecular complexity index is 958. The summed E-state index contributed by atoms with van der Waals surface area (Å²) in [7, 11) is 0. The largest absolute Gasteiger partial charge is 0.485 e. The van der Waals surface area contributed by atoms with Crippen molar-refractivity contribution in [2.75, 3.05) is 0 Å². The number of ether oxygens (including phenoxy) is 1. The normalized spacial score (nSPS) is 20.5. The standard InChI is InChI=1S/C26H27NO3/c28-25(17-9-12-19-10-3-1-4-11-19)27-22-18-24(20-13-5-2-6-14-20)30-23-16-8-7-15-21(23)26(22)29/h1-8,10-11,13-16,22,24,26,29H,9,12,17-18H2,(H,27,28). The second-order valence-electron chi connectivity index (χ2n) is 7.75. The van der Waals surface area contributed by atoms with Gasteiger partial charge in [-0.25, -0.2) is 0 Å². The van der Waals surface area contributed by atoms with Gasteiger partial charge in [0.05, 0.1) is 6.04 Å². The first-order chi connectivity index (χ1) is 14.7. The number of para-hydroxylation sites is 1. The number of aliphatic hydroxyl groups is 1. The van der Waals surface area contributed by atoms with Crippen LogP contribution in [-0.4, -0.2) is 17.1 Å². The highest BCUT2D eigenvalue weighted by molar-refractivity contribution is 5.76. The maximum Gasteiger partial charge on any atom is 0.220 e. The molecule has 0 aromatic heterocycles. The predicted molar refractivity (Wildman–Crippen MR) is 117 cm³/mol. The number of hydrogen-bond acceptors (Lipinski definition) is 3. The van der Waals surface area contributed by atoms with Gasteiger partial charge in [0.1, 0.15) is 18.0 Å². The van der Waals surface area contributed by atoms with Gasteiger partial charge in [-0.05, 0) is 30.0 Å². The molecule has 0 saturated heterocycles. The first-order valence-electron chi connectivity index (χ1n) is 10.5. The fraction of sp³-hybridized carbons (Fsp3) is 0.269. The topological polar surface area (TPSA) is 58.6 Å². The summed E-state index contributed by atoms with van der Waals surface area (Å²) in [6, 6.07) is 27.2. The number of carbonyl (C=O) groups is 1. The molecule has 0 spiro atoms. The van der Waals surface area contributed by atoms with E-state index in [1.54, 1.807) is 0 Å². The molecule has 3 aromatic carbocycles. The molecule has 0 fully saturated rings. The lowest BCUT2D eigenvalue weighted by molar-refractivity contribution is -0.123. The first kappa shape index (κ1) is 20.2. The SMILES string of the molecule is O=C(CCCc1ccccc1)NC1CC(c2ccccc2)Oc2ccccc2C1O. The van der Waals surface area contributed by atoms with Crippen molar-refractivity contribution in [1.29, 1.82) is 0 Å². The van der Waals surface area contributed by atoms with Gasteiger partial charge in [0.15, 0.2) is 0 Å². The zero-order valence-corrected chi connectivity index (χ0v) is 16.9. The maximum atomic E-state index is 12.7. The van der Waals surface area contributed by atoms with E-state index in [1.165, 1.54) is 5.56 Å². The van der Waals surface area contributed by atoms with E-state index in [0.717, 1.165) is 18.4 Å². The van der Waals surface area contributed by atoms with Crippen molar-refractivity contribution in [3.63, 3.8) is 0 Å². The van der Waals surface area contributed by atoms with Crippen molar-refractivity contribution in [3.05, 3.63) is 102 Å². The lowest BCUT2D eigenvalue weighted by Crippen LogP contribution is -2.39. The summed E-state index contributed by atoms with van der Waals surface area (Å²) in [6.45, 7) is 0. The fourth-order valence-electron chi connectivity index (χ4n) is 4.00. The number of aliphatic hydroxyl groups excluding tert-OH is 1. The first-order valence-corrected chi connectivity index (χ1v) is 10.5. The van der Waals surface area contributed by atoms with Gasteiger partial charge in [-0.2, -0.15) is 0 Å². The summed E-state index contributed by atoms with van der Waals surface area (Å²) in [5, 5.41) is 14.1. The van der Waals surface area contributed by atoms with Crippen LogP contribution in [0.3, 0.4) is 0 Å². The highest BCUT2D eigenvalue weighted by Gasteiger charge is 2.33. The second kappa shape index (κ2) is 9.59. The molecule has 30 heavy (non-hydrogen) atoms. The third-order valence-corrected chi connectivity index (χ3v) is 5.59. The zero-order chi connectivity index (χ0) is 20.8. The van der Waals surface area contributed by atoms with Crippen LogP contribution in [0.1, 0.15) is 48.2 Å². The molecule has 4 nitrogen and oxygen atoms in total. The average molecular weight is 402 g/mol. The predicted octanol–water partition coefficient (Wildman–Crippen LogP) is 4.75. The minimum absolute atomic E-state index is 0.0406. The van der Waals surface area contributed by atoms with Crippen LogP contribution in [0.15, 0.2) is 84.9 Å². The number of amides is 1. The Morgan fingerprint density at radius 3 is 2.37 bits per heavy atom. The van der Waals surface area contributed by atoms with Gasteiger partial charge >= 0.3 is 0 Å². The van der Waals surface area contributed by atoms with Gasteiger partial charge in [-0.15, -0.1) is 0 Å². The Balaban J connectivity index is 1.46. The van der Waals surface area contributed by atoms with Crippen LogP contribution in [0, 0.1) is 0 Å². The molecule has 0 bridgehead atoms. The number of benzene rings is 3. The molecule has 3 atom stereocenters. The Labute approximate surface area is 177 Å². The number of fused-ring (bicyclic) bond motifs is 1. The van der Waals surface area contributed by atoms with Crippen LogP contribution >= 0.6 is 0 Å². The van der Waals surface area contributed by atoms with E-state index in [2.05, 4.69) is 17.4 Å². The molecule has 1 amide bonds. The van der Waals surface area contributed by atoms with Crippen LogP contribution < -0.4 is 10.1 Å². The van der Waals surface area contributed by atoms with Gasteiger partial charge in [0.2, 0.25) is 5.91 Å². The smallest absolute Gasteiger partial charge is 0.220 e. The molecule has 1 heterocycles. The number of rotatable bonds is 6. The summed E-state index contributed by atoms with van der Waals surface area (Å²) in [4.78, 5) is 12.7. The molecule has 1 aliphatic heterocycles. The van der Waals surface area contributed by atoms with Gasteiger partial charge < -0.3 is 15.2 Å². The van der Waals surface area contributed by atoms with Crippen molar-refractivity contribution in [2.45, 2.75) is 43.9 Å². The van der Waals surface area contributed by atoms with Crippen LogP contribution in [0.5, 0.6) is 5.75 Å². The summed E-state index contributed by atoms with van der Waals surface area (Å²) in [5.74, 6) is 0.626. The lowest BCUT2D eigenvalue weighted by Gasteiger charge is -2.24. The molecule has 0 aliphatic carbocycles. The molecule has 154 valence electrons. The summed E-state index contributed by atoms with van der Waals surface area (Å²) < 4.78 is 6.25. The van der Waals surface area contributed by atoms with Gasteiger partial charge in [0, 0.05) is 18.4 Å². The van der Waals surface area contributed by atoms with E-state index < -0.39 is 12.1 Å². The monoisotopic (exact) mass is 401 g/mol. The van der Waals surface area contributed by atoms with E-state index in [-0.39, 0.29) is 12.0 Å². The Morgan fingerprint density at radius 2 is 1.60 bits per heavy atom. The van der Waals surface area contributed by atoms with Gasteiger partial charge in [-0.3, -0.25) is 4.79 Å². The molecular formula is C26H27NO3. The van der Waals surface area contributed by atoms with Crippen molar-refractivity contribution < 1.29 is 14.6 Å². The Kier molecular flexibility index (Phi) is 6.45. The van der Waals surface area contributed by atoms with E-state index in [1.807, 2.05) is 72.8 Å². The molecule has 3 aromatic rings. The van der Waals surface area contributed by atoms with Gasteiger partial charge in [-0.1, -0.05) is 78.9 Å². The number of nitrogens with one attached hydrogen (secondary N) is 1.